The molecule has 2 heterocycles. The largest absolute Gasteiger partial charge is 0.369 e. The van der Waals surface area contributed by atoms with Gasteiger partial charge in [0.1, 0.15) is 22.4 Å². The average molecular weight is 350 g/mol. The molecule has 0 aliphatic carbocycles. The summed E-state index contributed by atoms with van der Waals surface area (Å²) in [6, 6.07) is 5.95. The minimum absolute atomic E-state index is 0.722. The van der Waals surface area contributed by atoms with Crippen molar-refractivity contribution in [3.63, 3.8) is 0 Å². The number of aromatic nitrogens is 3. The zero-order chi connectivity index (χ0) is 15.1. The van der Waals surface area contributed by atoms with E-state index in [1.54, 1.807) is 6.33 Å². The van der Waals surface area contributed by atoms with E-state index in [1.807, 2.05) is 24.4 Å². The van der Waals surface area contributed by atoms with Crippen molar-refractivity contribution in [1.29, 1.82) is 0 Å². The number of rotatable bonds is 7. The Labute approximate surface area is 134 Å². The lowest BCUT2D eigenvalue weighted by atomic mass is 10.3. The molecule has 2 aromatic heterocycles. The van der Waals surface area contributed by atoms with Crippen LogP contribution in [0.2, 0.25) is 0 Å². The molecule has 1 N–H and O–H groups in total. The lowest BCUT2D eigenvalue weighted by Gasteiger charge is -2.23. The highest BCUT2D eigenvalue weighted by molar-refractivity contribution is 9.10. The first-order valence-electron chi connectivity index (χ1n) is 7.15. The predicted molar refractivity (Wildman–Crippen MR) is 89.5 cm³/mol. The maximum atomic E-state index is 4.41. The highest BCUT2D eigenvalue weighted by Crippen LogP contribution is 2.30. The number of nitrogens with zero attached hydrogens (tertiary/aromatic N) is 4. The van der Waals surface area contributed by atoms with E-state index in [-0.39, 0.29) is 0 Å². The van der Waals surface area contributed by atoms with Crippen LogP contribution in [0.1, 0.15) is 26.0 Å². The Morgan fingerprint density at radius 2 is 2.05 bits per heavy atom. The minimum atomic E-state index is 0.722. The summed E-state index contributed by atoms with van der Waals surface area (Å²) in [6.45, 7) is 6.69. The highest BCUT2D eigenvalue weighted by atomic mass is 79.9. The number of anilines is 2. The molecule has 0 saturated heterocycles. The van der Waals surface area contributed by atoms with E-state index in [2.05, 4.69) is 54.9 Å². The van der Waals surface area contributed by atoms with E-state index >= 15 is 0 Å². The van der Waals surface area contributed by atoms with E-state index < -0.39 is 0 Å². The van der Waals surface area contributed by atoms with Crippen LogP contribution in [0.4, 0.5) is 11.6 Å². The van der Waals surface area contributed by atoms with E-state index in [0.29, 0.717) is 0 Å². The van der Waals surface area contributed by atoms with E-state index in [1.165, 1.54) is 0 Å². The third kappa shape index (κ3) is 4.14. The lowest BCUT2D eigenvalue weighted by molar-refractivity contribution is 0.787. The molecule has 6 heteroatoms. The van der Waals surface area contributed by atoms with Crippen LogP contribution in [0.15, 0.2) is 35.2 Å². The molecule has 0 saturated carbocycles. The molecule has 112 valence electrons. The number of hydrogen-bond acceptors (Lipinski definition) is 5. The third-order valence-electron chi connectivity index (χ3n) is 3.07. The SMILES string of the molecule is CCCNc1ncnc(N(CC)Cc2ccccn2)c1Br. The summed E-state index contributed by atoms with van der Waals surface area (Å²) in [5.41, 5.74) is 1.02. The first kappa shape index (κ1) is 15.7. The van der Waals surface area contributed by atoms with Gasteiger partial charge in [-0.15, -0.1) is 0 Å². The molecule has 0 aliphatic rings. The Morgan fingerprint density at radius 1 is 1.19 bits per heavy atom. The zero-order valence-corrected chi connectivity index (χ0v) is 14.0. The van der Waals surface area contributed by atoms with Crippen molar-refractivity contribution in [1.82, 2.24) is 15.0 Å². The fourth-order valence-electron chi connectivity index (χ4n) is 1.97. The molecule has 0 fully saturated rings. The fraction of sp³-hybridized carbons (Fsp3) is 0.400. The Balaban J connectivity index is 2.21. The summed E-state index contributed by atoms with van der Waals surface area (Å²) >= 11 is 3.62. The second kappa shape index (κ2) is 7.93. The van der Waals surface area contributed by atoms with Crippen LogP contribution in [0, 0.1) is 0 Å². The summed E-state index contributed by atoms with van der Waals surface area (Å²) in [6.07, 6.45) is 4.46. The van der Waals surface area contributed by atoms with Crippen molar-refractivity contribution >= 4 is 27.6 Å². The molecule has 0 atom stereocenters. The van der Waals surface area contributed by atoms with Crippen LogP contribution in [0.5, 0.6) is 0 Å². The van der Waals surface area contributed by atoms with Crippen molar-refractivity contribution in [3.8, 4) is 0 Å². The molecule has 5 nitrogen and oxygen atoms in total. The normalized spacial score (nSPS) is 10.4. The number of hydrogen-bond donors (Lipinski definition) is 1. The van der Waals surface area contributed by atoms with Gasteiger partial charge in [0.15, 0.2) is 0 Å². The number of halogens is 1. The van der Waals surface area contributed by atoms with Gasteiger partial charge in [0, 0.05) is 19.3 Å². The van der Waals surface area contributed by atoms with Crippen molar-refractivity contribution in [2.24, 2.45) is 0 Å². The quantitative estimate of drug-likeness (QED) is 0.829. The molecular weight excluding hydrogens is 330 g/mol. The fourth-order valence-corrected chi connectivity index (χ4v) is 2.57. The Morgan fingerprint density at radius 3 is 2.71 bits per heavy atom. The summed E-state index contributed by atoms with van der Waals surface area (Å²) in [5.74, 6) is 1.72. The molecule has 0 amide bonds. The van der Waals surface area contributed by atoms with Crippen molar-refractivity contribution in [2.75, 3.05) is 23.3 Å². The molecule has 0 radical (unpaired) electrons. The van der Waals surface area contributed by atoms with Gasteiger partial charge in [-0.05, 0) is 41.4 Å². The van der Waals surface area contributed by atoms with Crippen LogP contribution in [0.3, 0.4) is 0 Å². The molecule has 0 aromatic carbocycles. The van der Waals surface area contributed by atoms with Crippen molar-refractivity contribution in [3.05, 3.63) is 40.9 Å². The third-order valence-corrected chi connectivity index (χ3v) is 3.80. The second-order valence-corrected chi connectivity index (χ2v) is 5.41. The maximum Gasteiger partial charge on any atom is 0.148 e. The van der Waals surface area contributed by atoms with E-state index in [0.717, 1.165) is 47.9 Å². The molecule has 0 spiro atoms. The zero-order valence-electron chi connectivity index (χ0n) is 12.4. The van der Waals surface area contributed by atoms with Crippen LogP contribution in [-0.2, 0) is 6.54 Å². The Kier molecular flexibility index (Phi) is 5.92. The molecule has 2 aromatic rings. The minimum Gasteiger partial charge on any atom is -0.369 e. The van der Waals surface area contributed by atoms with Crippen LogP contribution >= 0.6 is 15.9 Å². The summed E-state index contributed by atoms with van der Waals surface area (Å²) < 4.78 is 0.899. The van der Waals surface area contributed by atoms with Crippen molar-refractivity contribution in [2.45, 2.75) is 26.8 Å². The summed E-state index contributed by atoms with van der Waals surface area (Å²) in [4.78, 5) is 15.3. The van der Waals surface area contributed by atoms with Crippen LogP contribution in [0.25, 0.3) is 0 Å². The Hall–Kier alpha value is -1.69. The maximum absolute atomic E-state index is 4.41. The number of pyridine rings is 1. The average Bonchev–Trinajstić information content (AvgIpc) is 2.53. The van der Waals surface area contributed by atoms with Crippen LogP contribution in [-0.4, -0.2) is 28.0 Å². The van der Waals surface area contributed by atoms with Gasteiger partial charge in [-0.1, -0.05) is 13.0 Å². The standard InChI is InChI=1S/C15H20BrN5/c1-3-8-18-14-13(16)15(20-11-19-14)21(4-2)10-12-7-5-6-9-17-12/h5-7,9,11H,3-4,8,10H2,1-2H3,(H,18,19,20). The van der Waals surface area contributed by atoms with Gasteiger partial charge in [-0.25, -0.2) is 9.97 Å². The molecule has 2 rings (SSSR count). The second-order valence-electron chi connectivity index (χ2n) is 4.62. The van der Waals surface area contributed by atoms with Gasteiger partial charge in [0.25, 0.3) is 0 Å². The predicted octanol–water partition coefficient (Wildman–Crippen LogP) is 3.48. The summed E-state index contributed by atoms with van der Waals surface area (Å²) in [7, 11) is 0. The molecule has 0 aliphatic heterocycles. The molecular formula is C15H20BrN5. The highest BCUT2D eigenvalue weighted by Gasteiger charge is 2.14. The van der Waals surface area contributed by atoms with Gasteiger partial charge in [0.2, 0.25) is 0 Å². The van der Waals surface area contributed by atoms with Crippen LogP contribution < -0.4 is 10.2 Å². The summed E-state index contributed by atoms with van der Waals surface area (Å²) in [5, 5.41) is 3.31. The monoisotopic (exact) mass is 349 g/mol. The molecule has 0 unspecified atom stereocenters. The smallest absolute Gasteiger partial charge is 0.148 e. The first-order valence-corrected chi connectivity index (χ1v) is 7.94. The van der Waals surface area contributed by atoms with E-state index in [4.69, 9.17) is 0 Å². The lowest BCUT2D eigenvalue weighted by Crippen LogP contribution is -2.24. The number of nitrogens with one attached hydrogen (secondary N) is 1. The topological polar surface area (TPSA) is 53.9 Å². The van der Waals surface area contributed by atoms with Gasteiger partial charge in [0.05, 0.1) is 12.2 Å². The van der Waals surface area contributed by atoms with Crippen molar-refractivity contribution < 1.29 is 0 Å². The molecule has 21 heavy (non-hydrogen) atoms. The van der Waals surface area contributed by atoms with Gasteiger partial charge in [-0.3, -0.25) is 4.98 Å². The first-order chi connectivity index (χ1) is 10.3. The van der Waals surface area contributed by atoms with E-state index in [9.17, 15) is 0 Å². The van der Waals surface area contributed by atoms with Gasteiger partial charge >= 0.3 is 0 Å². The van der Waals surface area contributed by atoms with Gasteiger partial charge < -0.3 is 10.2 Å². The Bertz CT molecular complexity index is 561. The molecule has 0 bridgehead atoms. The van der Waals surface area contributed by atoms with Gasteiger partial charge in [-0.2, -0.15) is 0 Å².